The van der Waals surface area contributed by atoms with E-state index < -0.39 is 0 Å². The second-order valence-corrected chi connectivity index (χ2v) is 5.34. The molecule has 0 radical (unpaired) electrons. The van der Waals surface area contributed by atoms with E-state index in [-0.39, 0.29) is 6.61 Å². The van der Waals surface area contributed by atoms with Crippen LogP contribution in [0.2, 0.25) is 0 Å². The molecule has 1 aromatic heterocycles. The Morgan fingerprint density at radius 2 is 2.05 bits per heavy atom. The third kappa shape index (κ3) is 3.81. The number of rotatable bonds is 5. The quantitative estimate of drug-likeness (QED) is 0.525. The third-order valence-electron chi connectivity index (χ3n) is 3.92. The Labute approximate surface area is 126 Å². The number of hydrogen-bond donors (Lipinski definition) is 3. The van der Waals surface area contributed by atoms with Crippen LogP contribution in [-0.2, 0) is 6.42 Å². The average Bonchev–Trinajstić information content (AvgIpc) is 2.73. The second kappa shape index (κ2) is 7.53. The highest BCUT2D eigenvalue weighted by Gasteiger charge is 2.19. The molecule has 1 saturated heterocycles. The van der Waals surface area contributed by atoms with Crippen LogP contribution in [0.15, 0.2) is 0 Å². The lowest BCUT2D eigenvalue weighted by Gasteiger charge is -2.25. The van der Waals surface area contributed by atoms with E-state index in [1.165, 1.54) is 0 Å². The van der Waals surface area contributed by atoms with Crippen molar-refractivity contribution in [2.45, 2.75) is 26.7 Å². The molecule has 7 nitrogen and oxygen atoms in total. The van der Waals surface area contributed by atoms with Crippen molar-refractivity contribution in [2.24, 2.45) is 5.84 Å². The van der Waals surface area contributed by atoms with E-state index in [9.17, 15) is 0 Å². The van der Waals surface area contributed by atoms with Gasteiger partial charge in [-0.3, -0.25) is 4.90 Å². The van der Waals surface area contributed by atoms with Gasteiger partial charge in [-0.2, -0.15) is 0 Å². The fraction of sp³-hybridized carbons (Fsp3) is 0.714. The average molecular weight is 294 g/mol. The highest BCUT2D eigenvalue weighted by molar-refractivity contribution is 5.58. The first kappa shape index (κ1) is 15.9. The van der Waals surface area contributed by atoms with E-state index in [0.29, 0.717) is 5.82 Å². The van der Waals surface area contributed by atoms with Crippen LogP contribution >= 0.6 is 0 Å². The summed E-state index contributed by atoms with van der Waals surface area (Å²) in [5.41, 5.74) is 3.66. The monoisotopic (exact) mass is 294 g/mol. The second-order valence-electron chi connectivity index (χ2n) is 5.34. The summed E-state index contributed by atoms with van der Waals surface area (Å²) in [6, 6.07) is 0. The van der Waals surface area contributed by atoms with Crippen molar-refractivity contribution in [3.05, 3.63) is 11.4 Å². The van der Waals surface area contributed by atoms with Gasteiger partial charge in [-0.05, 0) is 19.9 Å². The van der Waals surface area contributed by atoms with E-state index in [2.05, 4.69) is 25.2 Å². The van der Waals surface area contributed by atoms with Crippen molar-refractivity contribution in [1.82, 2.24) is 14.9 Å². The molecule has 0 atom stereocenters. The van der Waals surface area contributed by atoms with Crippen molar-refractivity contribution in [3.8, 4) is 0 Å². The van der Waals surface area contributed by atoms with Crippen molar-refractivity contribution < 1.29 is 5.11 Å². The van der Waals surface area contributed by atoms with Gasteiger partial charge in [-0.25, -0.2) is 15.8 Å². The number of aliphatic hydroxyl groups is 1. The molecule has 1 aliphatic heterocycles. The summed E-state index contributed by atoms with van der Waals surface area (Å²) in [4.78, 5) is 13.7. The van der Waals surface area contributed by atoms with Gasteiger partial charge in [-0.1, -0.05) is 6.92 Å². The van der Waals surface area contributed by atoms with Gasteiger partial charge < -0.3 is 15.4 Å². The van der Waals surface area contributed by atoms with Crippen LogP contribution in [0.25, 0.3) is 0 Å². The zero-order valence-electron chi connectivity index (χ0n) is 13.0. The van der Waals surface area contributed by atoms with E-state index in [4.69, 9.17) is 10.9 Å². The summed E-state index contributed by atoms with van der Waals surface area (Å²) in [7, 11) is 0. The molecule has 1 aromatic rings. The Balaban J connectivity index is 2.20. The first-order valence-electron chi connectivity index (χ1n) is 7.61. The Hall–Kier alpha value is -1.44. The molecule has 1 aliphatic rings. The number of nitrogens with two attached hydrogens (primary N) is 1. The Kier molecular flexibility index (Phi) is 5.72. The summed E-state index contributed by atoms with van der Waals surface area (Å²) in [5, 5.41) is 9.08. The number of anilines is 2. The van der Waals surface area contributed by atoms with E-state index in [0.717, 1.165) is 62.8 Å². The van der Waals surface area contributed by atoms with Crippen molar-refractivity contribution in [2.75, 3.05) is 49.7 Å². The summed E-state index contributed by atoms with van der Waals surface area (Å²) < 4.78 is 0. The van der Waals surface area contributed by atoms with Gasteiger partial charge in [0, 0.05) is 38.2 Å². The van der Waals surface area contributed by atoms with Gasteiger partial charge in [0.25, 0.3) is 0 Å². The standard InChI is InChI=1S/C14H26N6O/c1-3-12-16-13(18-15)11(2)14(17-12)20-6-4-5-19(7-8-20)9-10-21/h21H,3-10,15H2,1-2H3,(H,16,17,18). The number of β-amino-alcohol motifs (C(OH)–C–C–N with tert-alkyl or cyclic N) is 1. The van der Waals surface area contributed by atoms with Gasteiger partial charge in [-0.15, -0.1) is 0 Å². The maximum atomic E-state index is 9.08. The maximum Gasteiger partial charge on any atom is 0.148 e. The number of aromatic nitrogens is 2. The van der Waals surface area contributed by atoms with Crippen LogP contribution in [0.1, 0.15) is 24.7 Å². The highest BCUT2D eigenvalue weighted by Crippen LogP contribution is 2.24. The highest BCUT2D eigenvalue weighted by atomic mass is 16.3. The van der Waals surface area contributed by atoms with Crippen molar-refractivity contribution in [3.63, 3.8) is 0 Å². The SMILES string of the molecule is CCc1nc(NN)c(C)c(N2CCCN(CCO)CC2)n1. The molecule has 118 valence electrons. The Bertz CT molecular complexity index is 467. The first-order valence-corrected chi connectivity index (χ1v) is 7.61. The van der Waals surface area contributed by atoms with Gasteiger partial charge in [0.05, 0.1) is 6.61 Å². The zero-order valence-corrected chi connectivity index (χ0v) is 13.0. The molecule has 4 N–H and O–H groups in total. The number of hydrazine groups is 1. The summed E-state index contributed by atoms with van der Waals surface area (Å²) >= 11 is 0. The lowest BCUT2D eigenvalue weighted by molar-refractivity contribution is 0.204. The van der Waals surface area contributed by atoms with Crippen molar-refractivity contribution >= 4 is 11.6 Å². The van der Waals surface area contributed by atoms with E-state index in [1.54, 1.807) is 0 Å². The summed E-state index contributed by atoms with van der Waals surface area (Å²) in [6.45, 7) is 8.83. The smallest absolute Gasteiger partial charge is 0.148 e. The predicted molar refractivity (Wildman–Crippen MR) is 84.3 cm³/mol. The molecule has 0 bridgehead atoms. The maximum absolute atomic E-state index is 9.08. The Morgan fingerprint density at radius 3 is 2.71 bits per heavy atom. The molecule has 0 spiro atoms. The van der Waals surface area contributed by atoms with Crippen LogP contribution in [0.5, 0.6) is 0 Å². The molecule has 2 rings (SSSR count). The van der Waals surface area contributed by atoms with Crippen LogP contribution < -0.4 is 16.2 Å². The zero-order chi connectivity index (χ0) is 15.2. The van der Waals surface area contributed by atoms with Gasteiger partial charge in [0.15, 0.2) is 0 Å². The fourth-order valence-corrected chi connectivity index (χ4v) is 2.70. The van der Waals surface area contributed by atoms with Gasteiger partial charge in [0.1, 0.15) is 17.5 Å². The van der Waals surface area contributed by atoms with Crippen LogP contribution in [0.4, 0.5) is 11.6 Å². The number of hydrogen-bond acceptors (Lipinski definition) is 7. The molecule has 2 heterocycles. The molecule has 0 aliphatic carbocycles. The normalized spacial score (nSPS) is 16.9. The number of aryl methyl sites for hydroxylation is 1. The lowest BCUT2D eigenvalue weighted by atomic mass is 10.2. The minimum atomic E-state index is 0.216. The molecule has 21 heavy (non-hydrogen) atoms. The van der Waals surface area contributed by atoms with E-state index >= 15 is 0 Å². The molecule has 0 saturated carbocycles. The lowest BCUT2D eigenvalue weighted by Crippen LogP contribution is -2.33. The van der Waals surface area contributed by atoms with Gasteiger partial charge in [0.2, 0.25) is 0 Å². The summed E-state index contributed by atoms with van der Waals surface area (Å²) in [5.74, 6) is 8.05. The minimum Gasteiger partial charge on any atom is -0.395 e. The Morgan fingerprint density at radius 1 is 1.24 bits per heavy atom. The topological polar surface area (TPSA) is 90.5 Å². The van der Waals surface area contributed by atoms with Crippen molar-refractivity contribution in [1.29, 1.82) is 0 Å². The molecule has 0 amide bonds. The molecule has 1 fully saturated rings. The summed E-state index contributed by atoms with van der Waals surface area (Å²) in [6.07, 6.45) is 1.85. The fourth-order valence-electron chi connectivity index (χ4n) is 2.70. The number of nitrogen functional groups attached to an aromatic ring is 1. The van der Waals surface area contributed by atoms with Crippen LogP contribution in [0.3, 0.4) is 0 Å². The van der Waals surface area contributed by atoms with Crippen LogP contribution in [-0.4, -0.2) is 59.3 Å². The number of aliphatic hydroxyl groups excluding tert-OH is 1. The molecule has 0 unspecified atom stereocenters. The largest absolute Gasteiger partial charge is 0.395 e. The van der Waals surface area contributed by atoms with Crippen LogP contribution in [0, 0.1) is 6.92 Å². The molecular weight excluding hydrogens is 268 g/mol. The first-order chi connectivity index (χ1) is 10.2. The van der Waals surface area contributed by atoms with E-state index in [1.807, 2.05) is 13.8 Å². The van der Waals surface area contributed by atoms with Gasteiger partial charge >= 0.3 is 0 Å². The predicted octanol–water partition coefficient (Wildman–Crippen LogP) is 0.137. The number of nitrogens with zero attached hydrogens (tertiary/aromatic N) is 4. The third-order valence-corrected chi connectivity index (χ3v) is 3.92. The number of nitrogens with one attached hydrogen (secondary N) is 1. The molecular formula is C14H26N6O. The minimum absolute atomic E-state index is 0.216. The molecule has 7 heteroatoms. The molecule has 0 aromatic carbocycles.